The molecule has 0 saturated carbocycles. The van der Waals surface area contributed by atoms with Gasteiger partial charge in [-0.25, -0.2) is 9.59 Å². The van der Waals surface area contributed by atoms with Crippen LogP contribution in [0.4, 0.5) is 10.5 Å². The van der Waals surface area contributed by atoms with Crippen molar-refractivity contribution < 1.29 is 19.1 Å². The number of rotatable bonds is 8. The van der Waals surface area contributed by atoms with E-state index in [1.165, 1.54) is 18.7 Å². The van der Waals surface area contributed by atoms with Gasteiger partial charge < -0.3 is 21.1 Å². The predicted molar refractivity (Wildman–Crippen MR) is 97.8 cm³/mol. The van der Waals surface area contributed by atoms with Crippen molar-refractivity contribution >= 4 is 51.3 Å². The van der Waals surface area contributed by atoms with Crippen LogP contribution < -0.4 is 16.4 Å². The van der Waals surface area contributed by atoms with E-state index in [1.807, 2.05) is 6.26 Å². The quantitative estimate of drug-likeness (QED) is 0.560. The SMILES string of the molecule is CSCC[C@H](NC(N)=O)C(=O)O[C@@H](C)C(=O)Nc1ccc(Br)cc1. The van der Waals surface area contributed by atoms with E-state index in [1.54, 1.807) is 24.3 Å². The molecule has 9 heteroatoms. The van der Waals surface area contributed by atoms with Crippen molar-refractivity contribution in [2.75, 3.05) is 17.3 Å². The van der Waals surface area contributed by atoms with Crippen molar-refractivity contribution in [3.63, 3.8) is 0 Å². The number of nitrogens with two attached hydrogens (primary N) is 1. The summed E-state index contributed by atoms with van der Waals surface area (Å²) in [6.07, 6.45) is 1.23. The van der Waals surface area contributed by atoms with Crippen LogP contribution in [0.2, 0.25) is 0 Å². The van der Waals surface area contributed by atoms with Crippen LogP contribution in [0.5, 0.6) is 0 Å². The maximum atomic E-state index is 12.1. The third-order valence-electron chi connectivity index (χ3n) is 2.99. The van der Waals surface area contributed by atoms with Crippen molar-refractivity contribution in [3.8, 4) is 0 Å². The molecule has 7 nitrogen and oxygen atoms in total. The Morgan fingerprint density at radius 3 is 2.46 bits per heavy atom. The Labute approximate surface area is 153 Å². The molecule has 0 aliphatic rings. The summed E-state index contributed by atoms with van der Waals surface area (Å²) in [5, 5.41) is 4.97. The standard InChI is InChI=1S/C15H20BrN3O4S/c1-9(13(20)18-11-5-3-10(16)4-6-11)23-14(21)12(7-8-24-2)19-15(17)22/h3-6,9,12H,7-8H2,1-2H3,(H,18,20)(H3,17,19,22)/t9-,12-/m0/s1. The fourth-order valence-electron chi connectivity index (χ4n) is 1.74. The number of benzene rings is 1. The van der Waals surface area contributed by atoms with Crippen molar-refractivity contribution in [2.24, 2.45) is 5.73 Å². The average molecular weight is 418 g/mol. The fourth-order valence-corrected chi connectivity index (χ4v) is 2.48. The summed E-state index contributed by atoms with van der Waals surface area (Å²) in [6, 6.07) is 5.30. The monoisotopic (exact) mass is 417 g/mol. The second-order valence-electron chi connectivity index (χ2n) is 4.92. The van der Waals surface area contributed by atoms with Gasteiger partial charge in [-0.15, -0.1) is 0 Å². The van der Waals surface area contributed by atoms with Crippen LogP contribution >= 0.6 is 27.7 Å². The Morgan fingerprint density at radius 1 is 1.29 bits per heavy atom. The lowest BCUT2D eigenvalue weighted by Crippen LogP contribution is -2.46. The van der Waals surface area contributed by atoms with E-state index in [0.717, 1.165) is 4.47 Å². The molecule has 4 N–H and O–H groups in total. The van der Waals surface area contributed by atoms with E-state index in [0.29, 0.717) is 17.9 Å². The van der Waals surface area contributed by atoms with Gasteiger partial charge in [0.25, 0.3) is 5.91 Å². The number of hydrogen-bond donors (Lipinski definition) is 3. The first-order chi connectivity index (χ1) is 11.3. The molecule has 1 aromatic carbocycles. The predicted octanol–water partition coefficient (Wildman–Crippen LogP) is 2.11. The summed E-state index contributed by atoms with van der Waals surface area (Å²) >= 11 is 4.82. The van der Waals surface area contributed by atoms with Crippen LogP contribution in [-0.2, 0) is 14.3 Å². The van der Waals surface area contributed by atoms with E-state index in [9.17, 15) is 14.4 Å². The van der Waals surface area contributed by atoms with E-state index >= 15 is 0 Å². The highest BCUT2D eigenvalue weighted by Crippen LogP contribution is 2.14. The van der Waals surface area contributed by atoms with Crippen molar-refractivity contribution in [3.05, 3.63) is 28.7 Å². The number of amides is 3. The van der Waals surface area contributed by atoms with Gasteiger partial charge >= 0.3 is 12.0 Å². The second kappa shape index (κ2) is 10.2. The molecule has 0 heterocycles. The summed E-state index contributed by atoms with van der Waals surface area (Å²) < 4.78 is 6.01. The highest BCUT2D eigenvalue weighted by atomic mass is 79.9. The van der Waals surface area contributed by atoms with Gasteiger partial charge in [0.1, 0.15) is 6.04 Å². The number of hydrogen-bond acceptors (Lipinski definition) is 5. The molecule has 0 fully saturated rings. The zero-order valence-corrected chi connectivity index (χ0v) is 15.8. The van der Waals surface area contributed by atoms with Crippen LogP contribution in [0.15, 0.2) is 28.7 Å². The molecule has 0 aliphatic heterocycles. The molecule has 1 rings (SSSR count). The van der Waals surface area contributed by atoms with Crippen LogP contribution in [0, 0.1) is 0 Å². The third-order valence-corrected chi connectivity index (χ3v) is 4.16. The summed E-state index contributed by atoms with van der Waals surface area (Å²) in [7, 11) is 0. The van der Waals surface area contributed by atoms with Crippen molar-refractivity contribution in [1.82, 2.24) is 5.32 Å². The Hall–Kier alpha value is -1.74. The number of esters is 1. The number of carbonyl (C=O) groups excluding carboxylic acids is 3. The minimum atomic E-state index is -1.01. The number of thioether (sulfide) groups is 1. The fraction of sp³-hybridized carbons (Fsp3) is 0.400. The van der Waals surface area contributed by atoms with Crippen molar-refractivity contribution in [2.45, 2.75) is 25.5 Å². The lowest BCUT2D eigenvalue weighted by molar-refractivity contribution is -0.155. The van der Waals surface area contributed by atoms with Gasteiger partial charge in [-0.1, -0.05) is 15.9 Å². The summed E-state index contributed by atoms with van der Waals surface area (Å²) in [5.41, 5.74) is 5.64. The number of primary amides is 1. The van der Waals surface area contributed by atoms with E-state index in [4.69, 9.17) is 10.5 Å². The van der Waals surface area contributed by atoms with Gasteiger partial charge in [0.05, 0.1) is 0 Å². The molecule has 3 amide bonds. The summed E-state index contributed by atoms with van der Waals surface area (Å²) in [4.78, 5) is 35.2. The molecule has 0 aliphatic carbocycles. The number of halogens is 1. The number of anilines is 1. The van der Waals surface area contributed by atoms with Gasteiger partial charge in [-0.3, -0.25) is 4.79 Å². The molecule has 1 aromatic rings. The summed E-state index contributed by atoms with van der Waals surface area (Å²) in [5.74, 6) is -0.519. The van der Waals surface area contributed by atoms with Crippen LogP contribution in [-0.4, -0.2) is 42.1 Å². The third kappa shape index (κ3) is 7.22. The topological polar surface area (TPSA) is 111 Å². The minimum absolute atomic E-state index is 0.365. The van der Waals surface area contributed by atoms with Gasteiger partial charge in [0, 0.05) is 10.2 Å². The normalized spacial score (nSPS) is 12.8. The molecule has 0 radical (unpaired) electrons. The van der Waals surface area contributed by atoms with Crippen molar-refractivity contribution in [1.29, 1.82) is 0 Å². The van der Waals surface area contributed by atoms with Crippen LogP contribution in [0.3, 0.4) is 0 Å². The minimum Gasteiger partial charge on any atom is -0.451 e. The number of urea groups is 1. The van der Waals surface area contributed by atoms with Gasteiger partial charge in [0.15, 0.2) is 6.10 Å². The molecule has 132 valence electrons. The number of ether oxygens (including phenoxy) is 1. The largest absolute Gasteiger partial charge is 0.451 e. The Balaban J connectivity index is 2.60. The molecular weight excluding hydrogens is 398 g/mol. The molecule has 0 aromatic heterocycles. The van der Waals surface area contributed by atoms with E-state index in [2.05, 4.69) is 26.6 Å². The molecular formula is C15H20BrN3O4S. The van der Waals surface area contributed by atoms with E-state index < -0.39 is 30.1 Å². The zero-order chi connectivity index (χ0) is 18.1. The average Bonchev–Trinajstić information content (AvgIpc) is 2.53. The molecule has 24 heavy (non-hydrogen) atoms. The van der Waals surface area contributed by atoms with Gasteiger partial charge in [-0.2, -0.15) is 11.8 Å². The van der Waals surface area contributed by atoms with Gasteiger partial charge in [-0.05, 0) is 49.6 Å². The Kier molecular flexibility index (Phi) is 8.62. The number of carbonyl (C=O) groups is 3. The van der Waals surface area contributed by atoms with E-state index in [-0.39, 0.29) is 0 Å². The molecule has 0 bridgehead atoms. The lowest BCUT2D eigenvalue weighted by atomic mass is 10.2. The lowest BCUT2D eigenvalue weighted by Gasteiger charge is -2.19. The number of nitrogens with one attached hydrogen (secondary N) is 2. The maximum Gasteiger partial charge on any atom is 0.329 e. The first-order valence-corrected chi connectivity index (χ1v) is 9.34. The molecule has 2 atom stereocenters. The second-order valence-corrected chi connectivity index (χ2v) is 6.82. The first-order valence-electron chi connectivity index (χ1n) is 7.15. The van der Waals surface area contributed by atoms with Crippen LogP contribution in [0.1, 0.15) is 13.3 Å². The van der Waals surface area contributed by atoms with Crippen LogP contribution in [0.25, 0.3) is 0 Å². The Morgan fingerprint density at radius 2 is 1.92 bits per heavy atom. The highest BCUT2D eigenvalue weighted by molar-refractivity contribution is 9.10. The first kappa shape index (κ1) is 20.3. The summed E-state index contributed by atoms with van der Waals surface area (Å²) in [6.45, 7) is 1.46. The smallest absolute Gasteiger partial charge is 0.329 e. The highest BCUT2D eigenvalue weighted by Gasteiger charge is 2.25. The molecule has 0 unspecified atom stereocenters. The Bertz CT molecular complexity index is 583. The zero-order valence-electron chi connectivity index (χ0n) is 13.4. The molecule has 0 spiro atoms. The van der Waals surface area contributed by atoms with Gasteiger partial charge in [0.2, 0.25) is 0 Å². The maximum absolute atomic E-state index is 12.1. The molecule has 0 saturated heterocycles.